The fraction of sp³-hybridized carbons (Fsp3) is 0.267. The van der Waals surface area contributed by atoms with Crippen molar-refractivity contribution in [3.8, 4) is 11.5 Å². The second kappa shape index (κ2) is 7.48. The molecule has 0 aliphatic carbocycles. The highest BCUT2D eigenvalue weighted by Crippen LogP contribution is 2.29. The maximum atomic E-state index is 12.0. The van der Waals surface area contributed by atoms with Crippen LogP contribution in [0.4, 0.5) is 0 Å². The van der Waals surface area contributed by atoms with Crippen LogP contribution in [0.2, 0.25) is 10.0 Å². The summed E-state index contributed by atoms with van der Waals surface area (Å²) in [6, 6.07) is 4.90. The van der Waals surface area contributed by atoms with Gasteiger partial charge in [0.25, 0.3) is 5.91 Å². The molecule has 1 amide bonds. The molecule has 1 aromatic heterocycles. The van der Waals surface area contributed by atoms with Gasteiger partial charge in [-0.3, -0.25) is 9.59 Å². The second-order valence-corrected chi connectivity index (χ2v) is 5.62. The molecule has 0 radical (unpaired) electrons. The SMILES string of the molecule is Cc1oc(-c2ccc(Cl)c(Cl)c2)nc1C(=O)NCCCC(=O)O. The third-order valence-corrected chi connectivity index (χ3v) is 3.77. The monoisotopic (exact) mass is 356 g/mol. The number of carbonyl (C=O) groups excluding carboxylic acids is 1. The minimum absolute atomic E-state index is 0.00734. The summed E-state index contributed by atoms with van der Waals surface area (Å²) in [6.07, 6.45) is 0.338. The van der Waals surface area contributed by atoms with Crippen LogP contribution in [0.25, 0.3) is 11.5 Å². The van der Waals surface area contributed by atoms with Gasteiger partial charge in [0.1, 0.15) is 5.76 Å². The number of amides is 1. The molecule has 2 aromatic rings. The predicted molar refractivity (Wildman–Crippen MR) is 85.9 cm³/mol. The summed E-state index contributed by atoms with van der Waals surface area (Å²) in [5.74, 6) is -0.694. The summed E-state index contributed by atoms with van der Waals surface area (Å²) in [5.41, 5.74) is 0.758. The van der Waals surface area contributed by atoms with Crippen LogP contribution in [-0.2, 0) is 4.79 Å². The number of aromatic nitrogens is 1. The molecule has 8 heteroatoms. The number of benzene rings is 1. The van der Waals surface area contributed by atoms with Gasteiger partial charge in [-0.05, 0) is 31.5 Å². The molecule has 1 heterocycles. The lowest BCUT2D eigenvalue weighted by Crippen LogP contribution is -2.25. The fourth-order valence-electron chi connectivity index (χ4n) is 1.88. The van der Waals surface area contributed by atoms with Gasteiger partial charge in [0.15, 0.2) is 5.69 Å². The first-order valence-corrected chi connectivity index (χ1v) is 7.57. The first-order chi connectivity index (χ1) is 10.9. The Kier molecular flexibility index (Phi) is 5.63. The lowest BCUT2D eigenvalue weighted by molar-refractivity contribution is -0.137. The molecule has 122 valence electrons. The Balaban J connectivity index is 2.09. The zero-order valence-corrected chi connectivity index (χ0v) is 13.7. The van der Waals surface area contributed by atoms with Crippen LogP contribution in [0.15, 0.2) is 22.6 Å². The molecule has 2 N–H and O–H groups in total. The zero-order valence-electron chi connectivity index (χ0n) is 12.2. The molecule has 0 fully saturated rings. The van der Waals surface area contributed by atoms with E-state index in [1.54, 1.807) is 25.1 Å². The van der Waals surface area contributed by atoms with E-state index in [0.29, 0.717) is 27.8 Å². The fourth-order valence-corrected chi connectivity index (χ4v) is 2.18. The van der Waals surface area contributed by atoms with E-state index in [1.165, 1.54) is 0 Å². The van der Waals surface area contributed by atoms with E-state index in [9.17, 15) is 9.59 Å². The summed E-state index contributed by atoms with van der Waals surface area (Å²) in [5, 5.41) is 11.9. The summed E-state index contributed by atoms with van der Waals surface area (Å²) in [7, 11) is 0. The Labute approximate surface area is 142 Å². The topological polar surface area (TPSA) is 92.4 Å². The summed E-state index contributed by atoms with van der Waals surface area (Å²) >= 11 is 11.8. The molecule has 0 saturated carbocycles. The first-order valence-electron chi connectivity index (χ1n) is 6.81. The highest BCUT2D eigenvalue weighted by Gasteiger charge is 2.18. The Morgan fingerprint density at radius 2 is 2.04 bits per heavy atom. The molecule has 0 spiro atoms. The van der Waals surface area contributed by atoms with Crippen LogP contribution in [0.3, 0.4) is 0 Å². The van der Waals surface area contributed by atoms with Crippen molar-refractivity contribution in [1.82, 2.24) is 10.3 Å². The predicted octanol–water partition coefficient (Wildman–Crippen LogP) is 3.55. The second-order valence-electron chi connectivity index (χ2n) is 4.81. The maximum Gasteiger partial charge on any atom is 0.303 e. The molecular weight excluding hydrogens is 343 g/mol. The van der Waals surface area contributed by atoms with Gasteiger partial charge < -0.3 is 14.8 Å². The van der Waals surface area contributed by atoms with Crippen LogP contribution in [0.1, 0.15) is 29.1 Å². The molecule has 0 bridgehead atoms. The van der Waals surface area contributed by atoms with Gasteiger partial charge in [0.2, 0.25) is 5.89 Å². The Bertz CT molecular complexity index is 743. The van der Waals surface area contributed by atoms with Gasteiger partial charge in [0.05, 0.1) is 10.0 Å². The average molecular weight is 357 g/mol. The number of nitrogens with zero attached hydrogens (tertiary/aromatic N) is 1. The molecule has 0 saturated heterocycles. The minimum Gasteiger partial charge on any atom is -0.481 e. The maximum absolute atomic E-state index is 12.0. The quantitative estimate of drug-likeness (QED) is 0.772. The Hall–Kier alpha value is -2.05. The van der Waals surface area contributed by atoms with Crippen molar-refractivity contribution in [3.05, 3.63) is 39.7 Å². The number of carbonyl (C=O) groups is 2. The van der Waals surface area contributed by atoms with E-state index in [1.807, 2.05) is 0 Å². The average Bonchev–Trinajstić information content (AvgIpc) is 2.88. The summed E-state index contributed by atoms with van der Waals surface area (Å²) < 4.78 is 5.49. The zero-order chi connectivity index (χ0) is 17.0. The highest BCUT2D eigenvalue weighted by atomic mass is 35.5. The number of aryl methyl sites for hydroxylation is 1. The van der Waals surface area contributed by atoms with Crippen molar-refractivity contribution in [2.45, 2.75) is 19.8 Å². The Morgan fingerprint density at radius 3 is 2.70 bits per heavy atom. The number of carboxylic acids is 1. The number of aliphatic carboxylic acids is 1. The van der Waals surface area contributed by atoms with Crippen molar-refractivity contribution in [1.29, 1.82) is 0 Å². The number of rotatable bonds is 6. The van der Waals surface area contributed by atoms with Crippen LogP contribution in [-0.4, -0.2) is 28.5 Å². The van der Waals surface area contributed by atoms with Gasteiger partial charge >= 0.3 is 5.97 Å². The summed E-state index contributed by atoms with van der Waals surface area (Å²) in [4.78, 5) is 26.6. The van der Waals surface area contributed by atoms with Crippen molar-refractivity contribution < 1.29 is 19.1 Å². The number of nitrogens with one attached hydrogen (secondary N) is 1. The van der Waals surface area contributed by atoms with Crippen LogP contribution < -0.4 is 5.32 Å². The number of halogens is 2. The minimum atomic E-state index is -0.904. The van der Waals surface area contributed by atoms with Gasteiger partial charge in [-0.25, -0.2) is 4.98 Å². The number of carboxylic acid groups (broad SMARTS) is 1. The molecule has 0 aliphatic rings. The standard InChI is InChI=1S/C15H14Cl2N2O4/c1-8-13(14(22)18-6-2-3-12(20)21)19-15(23-8)9-4-5-10(16)11(17)7-9/h4-5,7H,2-3,6H2,1H3,(H,18,22)(H,20,21). The molecule has 6 nitrogen and oxygen atoms in total. The Morgan fingerprint density at radius 1 is 1.30 bits per heavy atom. The lowest BCUT2D eigenvalue weighted by Gasteiger charge is -2.01. The number of hydrogen-bond donors (Lipinski definition) is 2. The van der Waals surface area contributed by atoms with Crippen molar-refractivity contribution in [3.63, 3.8) is 0 Å². The first kappa shape index (κ1) is 17.3. The van der Waals surface area contributed by atoms with Crippen LogP contribution >= 0.6 is 23.2 Å². The van der Waals surface area contributed by atoms with Gasteiger partial charge in [-0.2, -0.15) is 0 Å². The van der Waals surface area contributed by atoms with E-state index in [0.717, 1.165) is 0 Å². The third kappa shape index (κ3) is 4.46. The molecule has 1 aromatic carbocycles. The summed E-state index contributed by atoms with van der Waals surface area (Å²) in [6.45, 7) is 1.87. The van der Waals surface area contributed by atoms with Crippen molar-refractivity contribution >= 4 is 35.1 Å². The van der Waals surface area contributed by atoms with Gasteiger partial charge in [-0.15, -0.1) is 0 Å². The largest absolute Gasteiger partial charge is 0.481 e. The smallest absolute Gasteiger partial charge is 0.303 e. The molecule has 2 rings (SSSR count). The van der Waals surface area contributed by atoms with Crippen molar-refractivity contribution in [2.75, 3.05) is 6.54 Å². The van der Waals surface area contributed by atoms with E-state index in [4.69, 9.17) is 32.7 Å². The molecule has 0 unspecified atom stereocenters. The third-order valence-electron chi connectivity index (χ3n) is 3.03. The normalized spacial score (nSPS) is 10.6. The van der Waals surface area contributed by atoms with E-state index < -0.39 is 11.9 Å². The number of hydrogen-bond acceptors (Lipinski definition) is 4. The molecular formula is C15H14Cl2N2O4. The van der Waals surface area contributed by atoms with Gasteiger partial charge in [0, 0.05) is 18.5 Å². The van der Waals surface area contributed by atoms with E-state index in [-0.39, 0.29) is 24.6 Å². The number of oxazole rings is 1. The molecule has 0 aliphatic heterocycles. The molecule has 23 heavy (non-hydrogen) atoms. The van der Waals surface area contributed by atoms with Crippen LogP contribution in [0.5, 0.6) is 0 Å². The van der Waals surface area contributed by atoms with Gasteiger partial charge in [-0.1, -0.05) is 23.2 Å². The van der Waals surface area contributed by atoms with Crippen molar-refractivity contribution in [2.24, 2.45) is 0 Å². The highest BCUT2D eigenvalue weighted by molar-refractivity contribution is 6.42. The van der Waals surface area contributed by atoms with E-state index in [2.05, 4.69) is 10.3 Å². The lowest BCUT2D eigenvalue weighted by atomic mass is 10.2. The van der Waals surface area contributed by atoms with E-state index >= 15 is 0 Å². The van der Waals surface area contributed by atoms with Crippen LogP contribution in [0, 0.1) is 6.92 Å². The molecule has 0 atom stereocenters.